The van der Waals surface area contributed by atoms with Crippen LogP contribution in [0, 0.1) is 10.1 Å². The molecule has 120 valence electrons. The van der Waals surface area contributed by atoms with E-state index in [1.54, 1.807) is 6.92 Å². The third-order valence-corrected chi connectivity index (χ3v) is 3.70. The number of hydrogen-bond donors (Lipinski definition) is 3. The maximum atomic E-state index is 12.0. The predicted molar refractivity (Wildman–Crippen MR) is 78.6 cm³/mol. The zero-order valence-electron chi connectivity index (χ0n) is 11.6. The lowest BCUT2D eigenvalue weighted by Crippen LogP contribution is -2.38. The van der Waals surface area contributed by atoms with Crippen LogP contribution in [0.2, 0.25) is 0 Å². The van der Waals surface area contributed by atoms with E-state index in [-0.39, 0.29) is 17.1 Å². The van der Waals surface area contributed by atoms with Crippen LogP contribution in [0.25, 0.3) is 0 Å². The Morgan fingerprint density at radius 1 is 1.45 bits per heavy atom. The van der Waals surface area contributed by atoms with E-state index in [1.807, 2.05) is 4.72 Å². The Kier molecular flexibility index (Phi) is 5.81. The number of carbonyl (C=O) groups excluding carboxylic acids is 1. The number of carbonyl (C=O) groups is 1. The molecule has 0 saturated heterocycles. The summed E-state index contributed by atoms with van der Waals surface area (Å²) in [6, 6.07) is 4.45. The van der Waals surface area contributed by atoms with E-state index in [0.717, 1.165) is 12.1 Å². The summed E-state index contributed by atoms with van der Waals surface area (Å²) in [7, 11) is -4.12. The summed E-state index contributed by atoms with van der Waals surface area (Å²) in [6.07, 6.45) is 0. The summed E-state index contributed by atoms with van der Waals surface area (Å²) in [6.45, 7) is 1.79. The maximum absolute atomic E-state index is 12.0. The Morgan fingerprint density at radius 3 is 2.73 bits per heavy atom. The normalized spacial score (nSPS) is 11.8. The lowest BCUT2D eigenvalue weighted by molar-refractivity contribution is -0.385. The van der Waals surface area contributed by atoms with E-state index >= 15 is 0 Å². The van der Waals surface area contributed by atoms with Crippen LogP contribution in [-0.2, 0) is 14.8 Å². The van der Waals surface area contributed by atoms with Crippen molar-refractivity contribution in [3.05, 3.63) is 34.4 Å². The molecule has 1 aromatic carbocycles. The second-order valence-corrected chi connectivity index (χ2v) is 5.70. The lowest BCUT2D eigenvalue weighted by Gasteiger charge is -2.07. The van der Waals surface area contributed by atoms with Gasteiger partial charge in [-0.1, -0.05) is 6.07 Å². The van der Waals surface area contributed by atoms with Crippen LogP contribution in [0.1, 0.15) is 6.92 Å². The van der Waals surface area contributed by atoms with E-state index < -0.39 is 26.8 Å². The summed E-state index contributed by atoms with van der Waals surface area (Å²) in [4.78, 5) is 24.3. The van der Waals surface area contributed by atoms with Crippen molar-refractivity contribution in [3.63, 3.8) is 0 Å². The molecule has 0 unspecified atom stereocenters. The molecule has 0 atom stereocenters. The molecule has 0 aliphatic heterocycles. The second kappa shape index (κ2) is 7.36. The first kappa shape index (κ1) is 17.4. The number of nitro groups is 1. The predicted octanol–water partition coefficient (Wildman–Crippen LogP) is -0.676. The number of likely N-dealkylation sites (N-methyl/N-ethyl adjacent to an activating group) is 1. The van der Waals surface area contributed by atoms with Gasteiger partial charge in [-0.3, -0.25) is 14.9 Å². The number of nitrogens with two attached hydrogens (primary N) is 1. The van der Waals surface area contributed by atoms with Crippen LogP contribution in [0.5, 0.6) is 0 Å². The number of amides is 1. The fraction of sp³-hybridized carbons (Fsp3) is 0.273. The summed E-state index contributed by atoms with van der Waals surface area (Å²) in [5.74, 6) is -0.905. The molecule has 1 amide bonds. The van der Waals surface area contributed by atoms with Gasteiger partial charge in [-0.25, -0.2) is 18.1 Å². The molecular formula is C11H15N5O5S. The van der Waals surface area contributed by atoms with Crippen molar-refractivity contribution in [1.29, 1.82) is 0 Å². The highest BCUT2D eigenvalue weighted by molar-refractivity contribution is 7.90. The number of benzene rings is 1. The topological polar surface area (TPSA) is 157 Å². The fourth-order valence-electron chi connectivity index (χ4n) is 1.40. The zero-order chi connectivity index (χ0) is 16.8. The number of guanidine groups is 1. The first-order valence-corrected chi connectivity index (χ1v) is 7.58. The molecule has 1 aromatic rings. The SMILES string of the molecule is CCNC(=O)CN=C(N)NS(=O)(=O)c1cccc([N+](=O)[O-])c1. The molecule has 0 spiro atoms. The lowest BCUT2D eigenvalue weighted by atomic mass is 10.3. The van der Waals surface area contributed by atoms with Gasteiger partial charge in [0, 0.05) is 18.7 Å². The van der Waals surface area contributed by atoms with Crippen molar-refractivity contribution in [2.45, 2.75) is 11.8 Å². The minimum atomic E-state index is -4.12. The third kappa shape index (κ3) is 5.01. The molecule has 0 bridgehead atoms. The van der Waals surface area contributed by atoms with Crippen LogP contribution in [0.3, 0.4) is 0 Å². The average Bonchev–Trinajstić information content (AvgIpc) is 2.45. The van der Waals surface area contributed by atoms with Gasteiger partial charge in [-0.15, -0.1) is 0 Å². The molecular weight excluding hydrogens is 314 g/mol. The van der Waals surface area contributed by atoms with Crippen LogP contribution in [0.4, 0.5) is 5.69 Å². The zero-order valence-corrected chi connectivity index (χ0v) is 12.5. The molecule has 11 heteroatoms. The molecule has 0 fully saturated rings. The Hall–Kier alpha value is -2.69. The molecule has 0 aromatic heterocycles. The third-order valence-electron chi connectivity index (χ3n) is 2.34. The Bertz CT molecular complexity index is 701. The van der Waals surface area contributed by atoms with E-state index in [9.17, 15) is 23.3 Å². The van der Waals surface area contributed by atoms with Gasteiger partial charge in [0.25, 0.3) is 15.7 Å². The highest BCUT2D eigenvalue weighted by Gasteiger charge is 2.18. The molecule has 1 rings (SSSR count). The van der Waals surface area contributed by atoms with Gasteiger partial charge in [0.05, 0.1) is 9.82 Å². The second-order valence-electron chi connectivity index (χ2n) is 4.01. The van der Waals surface area contributed by atoms with Crippen LogP contribution >= 0.6 is 0 Å². The minimum absolute atomic E-state index is 0.335. The van der Waals surface area contributed by atoms with Crippen LogP contribution in [0.15, 0.2) is 34.2 Å². The number of non-ortho nitro benzene ring substituents is 1. The molecule has 0 saturated carbocycles. The molecule has 0 aliphatic carbocycles. The number of aliphatic imine (C=N–C) groups is 1. The number of hydrogen-bond acceptors (Lipinski definition) is 6. The molecule has 22 heavy (non-hydrogen) atoms. The molecule has 0 aliphatic rings. The fourth-order valence-corrected chi connectivity index (χ4v) is 2.39. The van der Waals surface area contributed by atoms with Crippen molar-refractivity contribution >= 4 is 27.6 Å². The monoisotopic (exact) mass is 329 g/mol. The van der Waals surface area contributed by atoms with Gasteiger partial charge in [0.1, 0.15) is 6.54 Å². The van der Waals surface area contributed by atoms with Crippen molar-refractivity contribution in [1.82, 2.24) is 10.0 Å². The van der Waals surface area contributed by atoms with E-state index in [1.165, 1.54) is 12.1 Å². The number of sulfonamides is 1. The number of rotatable bonds is 6. The highest BCUT2D eigenvalue weighted by atomic mass is 32.2. The van der Waals surface area contributed by atoms with Gasteiger partial charge in [-0.2, -0.15) is 0 Å². The first-order chi connectivity index (χ1) is 10.3. The summed E-state index contributed by atoms with van der Waals surface area (Å²) in [5.41, 5.74) is 5.01. The minimum Gasteiger partial charge on any atom is -0.369 e. The Morgan fingerprint density at radius 2 is 2.14 bits per heavy atom. The molecule has 0 radical (unpaired) electrons. The summed E-state index contributed by atoms with van der Waals surface area (Å²) in [5, 5.41) is 13.1. The average molecular weight is 329 g/mol. The van der Waals surface area contributed by atoms with Crippen molar-refractivity contribution in [2.24, 2.45) is 10.7 Å². The van der Waals surface area contributed by atoms with Crippen molar-refractivity contribution in [3.8, 4) is 0 Å². The van der Waals surface area contributed by atoms with Crippen LogP contribution in [-0.4, -0.2) is 38.3 Å². The van der Waals surface area contributed by atoms with E-state index in [4.69, 9.17) is 5.73 Å². The van der Waals surface area contributed by atoms with Gasteiger partial charge in [-0.05, 0) is 13.0 Å². The first-order valence-electron chi connectivity index (χ1n) is 6.10. The van der Waals surface area contributed by atoms with Gasteiger partial charge >= 0.3 is 0 Å². The Balaban J connectivity index is 2.87. The number of nitro benzene ring substituents is 1. The largest absolute Gasteiger partial charge is 0.369 e. The van der Waals surface area contributed by atoms with Crippen LogP contribution < -0.4 is 15.8 Å². The van der Waals surface area contributed by atoms with Crippen molar-refractivity contribution < 1.29 is 18.1 Å². The summed E-state index contributed by atoms with van der Waals surface area (Å²) < 4.78 is 25.9. The van der Waals surface area contributed by atoms with Crippen molar-refractivity contribution in [2.75, 3.05) is 13.1 Å². The summed E-state index contributed by atoms with van der Waals surface area (Å²) >= 11 is 0. The maximum Gasteiger partial charge on any atom is 0.270 e. The number of nitrogens with zero attached hydrogens (tertiary/aromatic N) is 2. The van der Waals surface area contributed by atoms with Gasteiger partial charge in [0.15, 0.2) is 0 Å². The standard InChI is InChI=1S/C11H15N5O5S/c1-2-13-10(17)7-14-11(12)15-22(20,21)9-5-3-4-8(6-9)16(18)19/h3-6H,2,7H2,1H3,(H,13,17)(H3,12,14,15). The molecule has 0 heterocycles. The molecule has 10 nitrogen and oxygen atoms in total. The van der Waals surface area contributed by atoms with E-state index in [0.29, 0.717) is 6.54 Å². The smallest absolute Gasteiger partial charge is 0.270 e. The van der Waals surface area contributed by atoms with Gasteiger partial charge < -0.3 is 11.1 Å². The molecule has 4 N–H and O–H groups in total. The highest BCUT2D eigenvalue weighted by Crippen LogP contribution is 2.16. The Labute approximate surface area is 126 Å². The quantitative estimate of drug-likeness (QED) is 0.272. The van der Waals surface area contributed by atoms with Gasteiger partial charge in [0.2, 0.25) is 11.9 Å². The number of nitrogens with one attached hydrogen (secondary N) is 2. The van der Waals surface area contributed by atoms with E-state index in [2.05, 4.69) is 10.3 Å².